The highest BCUT2D eigenvalue weighted by molar-refractivity contribution is 6.05. The largest absolute Gasteiger partial charge is 0.382 e. The van der Waals surface area contributed by atoms with Crippen LogP contribution in [-0.4, -0.2) is 20.5 Å². The van der Waals surface area contributed by atoms with Crippen LogP contribution in [0.5, 0.6) is 0 Å². The van der Waals surface area contributed by atoms with Crippen molar-refractivity contribution in [2.45, 2.75) is 0 Å². The first-order chi connectivity index (χ1) is 13.6. The van der Waals surface area contributed by atoms with Gasteiger partial charge in [0.05, 0.1) is 5.69 Å². The van der Waals surface area contributed by atoms with E-state index in [2.05, 4.69) is 21.5 Å². The fourth-order valence-corrected chi connectivity index (χ4v) is 2.96. The number of para-hydroxylation sites is 1. The lowest BCUT2D eigenvalue weighted by atomic mass is 10.1. The van der Waals surface area contributed by atoms with Gasteiger partial charge in [-0.2, -0.15) is 9.78 Å². The summed E-state index contributed by atoms with van der Waals surface area (Å²) in [7, 11) is 0. The Morgan fingerprint density at radius 2 is 1.71 bits per heavy atom. The fraction of sp³-hybridized carbons (Fsp3) is 0. The third kappa shape index (κ3) is 2.77. The number of aromatic nitrogens is 3. The standard InChI is InChI=1S/C20H15N7O/c21-11-14-16(12-7-3-1-4-8-12)25-20-15(18(23)28)19(26-27(20)17(14)22)24-13-9-5-2-6-10-13/h1-10H,22H2,(H2,23,28)(H,24,26). The van der Waals surface area contributed by atoms with Crippen molar-refractivity contribution in [2.24, 2.45) is 5.73 Å². The number of nitrogen functional groups attached to an aromatic ring is 1. The molecule has 0 radical (unpaired) electrons. The molecule has 136 valence electrons. The molecule has 8 nitrogen and oxygen atoms in total. The van der Waals surface area contributed by atoms with Crippen molar-refractivity contribution >= 4 is 28.9 Å². The van der Waals surface area contributed by atoms with E-state index in [0.717, 1.165) is 5.69 Å². The number of nitriles is 1. The second-order valence-corrected chi connectivity index (χ2v) is 6.01. The normalized spacial score (nSPS) is 10.5. The van der Waals surface area contributed by atoms with Gasteiger partial charge in [-0.1, -0.05) is 48.5 Å². The van der Waals surface area contributed by atoms with Crippen LogP contribution in [0.2, 0.25) is 0 Å². The van der Waals surface area contributed by atoms with E-state index in [4.69, 9.17) is 11.5 Å². The van der Waals surface area contributed by atoms with Crippen molar-refractivity contribution in [2.75, 3.05) is 11.1 Å². The number of primary amides is 1. The van der Waals surface area contributed by atoms with Gasteiger partial charge in [-0.15, -0.1) is 5.10 Å². The number of rotatable bonds is 4. The van der Waals surface area contributed by atoms with E-state index < -0.39 is 5.91 Å². The number of hydrogen-bond acceptors (Lipinski definition) is 6. The molecule has 0 fully saturated rings. The van der Waals surface area contributed by atoms with Gasteiger partial charge in [0.25, 0.3) is 5.91 Å². The van der Waals surface area contributed by atoms with Crippen LogP contribution in [0.4, 0.5) is 17.3 Å². The highest BCUT2D eigenvalue weighted by Crippen LogP contribution is 2.30. The maximum absolute atomic E-state index is 12.2. The van der Waals surface area contributed by atoms with Gasteiger partial charge in [-0.05, 0) is 12.1 Å². The van der Waals surface area contributed by atoms with Crippen molar-refractivity contribution in [1.29, 1.82) is 5.26 Å². The molecule has 8 heteroatoms. The minimum absolute atomic E-state index is 0.0787. The Kier molecular flexibility index (Phi) is 4.10. The second kappa shape index (κ2) is 6.74. The van der Waals surface area contributed by atoms with Crippen LogP contribution in [-0.2, 0) is 0 Å². The number of benzene rings is 2. The lowest BCUT2D eigenvalue weighted by Gasteiger charge is -2.08. The van der Waals surface area contributed by atoms with Crippen LogP contribution in [0.1, 0.15) is 15.9 Å². The van der Waals surface area contributed by atoms with Crippen molar-refractivity contribution in [3.63, 3.8) is 0 Å². The molecule has 0 aliphatic heterocycles. The molecule has 0 aliphatic carbocycles. The topological polar surface area (TPSA) is 135 Å². The Hall–Kier alpha value is -4.38. The quantitative estimate of drug-likeness (QED) is 0.506. The highest BCUT2D eigenvalue weighted by Gasteiger charge is 2.24. The first kappa shape index (κ1) is 17.1. The molecular formula is C20H15N7O. The average molecular weight is 369 g/mol. The van der Waals surface area contributed by atoms with Crippen LogP contribution in [0.15, 0.2) is 60.7 Å². The zero-order valence-corrected chi connectivity index (χ0v) is 14.6. The SMILES string of the molecule is N#Cc1c(-c2ccccc2)nc2c(C(N)=O)c(Nc3ccccc3)nn2c1N. The maximum Gasteiger partial charge on any atom is 0.256 e. The molecule has 4 aromatic rings. The smallest absolute Gasteiger partial charge is 0.256 e. The molecule has 0 saturated heterocycles. The van der Waals surface area contributed by atoms with Crippen LogP contribution in [0.25, 0.3) is 16.9 Å². The fourth-order valence-electron chi connectivity index (χ4n) is 2.96. The minimum Gasteiger partial charge on any atom is -0.382 e. The van der Waals surface area contributed by atoms with Gasteiger partial charge in [0.15, 0.2) is 11.5 Å². The summed E-state index contributed by atoms with van der Waals surface area (Å²) in [6.07, 6.45) is 0. The molecular weight excluding hydrogens is 354 g/mol. The Morgan fingerprint density at radius 3 is 2.32 bits per heavy atom. The zero-order chi connectivity index (χ0) is 19.7. The molecule has 0 bridgehead atoms. The van der Waals surface area contributed by atoms with Crippen LogP contribution in [0.3, 0.4) is 0 Å². The van der Waals surface area contributed by atoms with Crippen LogP contribution in [0, 0.1) is 11.3 Å². The molecule has 0 spiro atoms. The van der Waals surface area contributed by atoms with Crippen LogP contribution < -0.4 is 16.8 Å². The van der Waals surface area contributed by atoms with Gasteiger partial charge in [0, 0.05) is 11.3 Å². The summed E-state index contributed by atoms with van der Waals surface area (Å²) in [5, 5.41) is 17.0. The number of fused-ring (bicyclic) bond motifs is 1. The maximum atomic E-state index is 12.2. The average Bonchev–Trinajstić information content (AvgIpc) is 3.08. The van der Waals surface area contributed by atoms with Crippen molar-refractivity contribution in [1.82, 2.24) is 14.6 Å². The third-order valence-electron chi connectivity index (χ3n) is 4.24. The van der Waals surface area contributed by atoms with Crippen molar-refractivity contribution < 1.29 is 4.79 Å². The van der Waals surface area contributed by atoms with Gasteiger partial charge in [0.1, 0.15) is 23.0 Å². The summed E-state index contributed by atoms with van der Waals surface area (Å²) in [5.41, 5.74) is 14.0. The monoisotopic (exact) mass is 369 g/mol. The lowest BCUT2D eigenvalue weighted by molar-refractivity contribution is 0.100. The number of hydrogen-bond donors (Lipinski definition) is 3. The molecule has 2 aromatic heterocycles. The molecule has 28 heavy (non-hydrogen) atoms. The lowest BCUT2D eigenvalue weighted by Crippen LogP contribution is -2.13. The predicted molar refractivity (Wildman–Crippen MR) is 106 cm³/mol. The molecule has 2 aromatic carbocycles. The molecule has 0 atom stereocenters. The summed E-state index contributed by atoms with van der Waals surface area (Å²) in [6.45, 7) is 0. The Labute approximate surface area is 160 Å². The highest BCUT2D eigenvalue weighted by atomic mass is 16.1. The van der Waals surface area contributed by atoms with Gasteiger partial charge < -0.3 is 16.8 Å². The summed E-state index contributed by atoms with van der Waals surface area (Å²) in [6, 6.07) is 20.4. The van der Waals surface area contributed by atoms with Gasteiger partial charge in [-0.3, -0.25) is 4.79 Å². The van der Waals surface area contributed by atoms with Gasteiger partial charge in [0.2, 0.25) is 0 Å². The molecule has 0 aliphatic rings. The Balaban J connectivity index is 2.00. The van der Waals surface area contributed by atoms with E-state index in [1.54, 1.807) is 0 Å². The zero-order valence-electron chi connectivity index (χ0n) is 14.6. The van der Waals surface area contributed by atoms with E-state index in [-0.39, 0.29) is 28.4 Å². The first-order valence-electron chi connectivity index (χ1n) is 8.39. The molecule has 1 amide bonds. The Bertz CT molecular complexity index is 1220. The number of anilines is 3. The van der Waals surface area contributed by atoms with E-state index in [9.17, 15) is 10.1 Å². The van der Waals surface area contributed by atoms with E-state index in [1.807, 2.05) is 60.7 Å². The third-order valence-corrected chi connectivity index (χ3v) is 4.24. The molecule has 0 unspecified atom stereocenters. The molecule has 4 rings (SSSR count). The number of nitrogens with one attached hydrogen (secondary N) is 1. The summed E-state index contributed by atoms with van der Waals surface area (Å²) in [4.78, 5) is 16.7. The van der Waals surface area contributed by atoms with E-state index in [0.29, 0.717) is 11.3 Å². The summed E-state index contributed by atoms with van der Waals surface area (Å²) >= 11 is 0. The number of amides is 1. The number of carbonyl (C=O) groups excluding carboxylic acids is 1. The summed E-state index contributed by atoms with van der Waals surface area (Å²) in [5.74, 6) is -0.411. The van der Waals surface area contributed by atoms with E-state index >= 15 is 0 Å². The Morgan fingerprint density at radius 1 is 1.07 bits per heavy atom. The van der Waals surface area contributed by atoms with Gasteiger partial charge >= 0.3 is 0 Å². The van der Waals surface area contributed by atoms with Crippen molar-refractivity contribution in [3.05, 3.63) is 71.8 Å². The van der Waals surface area contributed by atoms with Crippen molar-refractivity contribution in [3.8, 4) is 17.3 Å². The number of nitrogens with two attached hydrogens (primary N) is 2. The summed E-state index contributed by atoms with van der Waals surface area (Å²) < 4.78 is 1.26. The van der Waals surface area contributed by atoms with E-state index in [1.165, 1.54) is 4.52 Å². The van der Waals surface area contributed by atoms with Crippen LogP contribution >= 0.6 is 0 Å². The van der Waals surface area contributed by atoms with Gasteiger partial charge in [-0.25, -0.2) is 4.98 Å². The predicted octanol–water partition coefficient (Wildman–Crippen LogP) is 2.69. The number of nitrogens with zero attached hydrogens (tertiary/aromatic N) is 4. The molecule has 5 N–H and O–H groups in total. The minimum atomic E-state index is -0.705. The first-order valence-corrected chi connectivity index (χ1v) is 8.39. The molecule has 0 saturated carbocycles. The molecule has 2 heterocycles. The number of carbonyl (C=O) groups is 1. The second-order valence-electron chi connectivity index (χ2n) is 6.01.